The first-order chi connectivity index (χ1) is 11.6. The Morgan fingerprint density at radius 2 is 1.83 bits per heavy atom. The molecule has 1 N–H and O–H groups in total. The van der Waals surface area contributed by atoms with Gasteiger partial charge >= 0.3 is 5.97 Å². The van der Waals surface area contributed by atoms with Crippen LogP contribution in [-0.2, 0) is 10.3 Å². The molecule has 1 aliphatic heterocycles. The Labute approximate surface area is 150 Å². The number of halogens is 1. The fourth-order valence-corrected chi connectivity index (χ4v) is 3.46. The summed E-state index contributed by atoms with van der Waals surface area (Å²) in [5, 5.41) is 3.33. The zero-order valence-corrected chi connectivity index (χ0v) is 15.1. The van der Waals surface area contributed by atoms with Gasteiger partial charge in [-0.15, -0.1) is 0 Å². The van der Waals surface area contributed by atoms with Crippen LogP contribution in [0.15, 0.2) is 53.0 Å². The van der Waals surface area contributed by atoms with E-state index in [1.165, 1.54) is 0 Å². The number of rotatable bonds is 4. The number of carbonyl (C=O) groups is 1. The van der Waals surface area contributed by atoms with Crippen LogP contribution in [0.1, 0.15) is 28.8 Å². The summed E-state index contributed by atoms with van der Waals surface area (Å²) in [5.74, 6) is 0.152. The summed E-state index contributed by atoms with van der Waals surface area (Å²) < 4.78 is 12.2. The van der Waals surface area contributed by atoms with E-state index in [9.17, 15) is 4.79 Å². The van der Waals surface area contributed by atoms with Crippen molar-refractivity contribution < 1.29 is 14.3 Å². The van der Waals surface area contributed by atoms with E-state index >= 15 is 0 Å². The molecule has 0 amide bonds. The molecule has 5 heteroatoms. The van der Waals surface area contributed by atoms with E-state index < -0.39 is 5.60 Å². The van der Waals surface area contributed by atoms with Gasteiger partial charge in [-0.05, 0) is 36.9 Å². The molecule has 1 heterocycles. The molecule has 0 radical (unpaired) electrons. The number of benzene rings is 2. The van der Waals surface area contributed by atoms with Gasteiger partial charge in [-0.25, -0.2) is 4.79 Å². The largest absolute Gasteiger partial charge is 0.496 e. The van der Waals surface area contributed by atoms with Crippen molar-refractivity contribution in [2.75, 3.05) is 20.2 Å². The Morgan fingerprint density at radius 3 is 2.50 bits per heavy atom. The van der Waals surface area contributed by atoms with E-state index in [-0.39, 0.29) is 5.97 Å². The molecule has 4 nitrogen and oxygen atoms in total. The van der Waals surface area contributed by atoms with Gasteiger partial charge in [0.05, 0.1) is 7.11 Å². The highest BCUT2D eigenvalue weighted by Crippen LogP contribution is 2.36. The third-order valence-corrected chi connectivity index (χ3v) is 4.87. The van der Waals surface area contributed by atoms with Gasteiger partial charge in [0, 0.05) is 17.3 Å². The van der Waals surface area contributed by atoms with Crippen LogP contribution in [0.2, 0.25) is 0 Å². The molecule has 0 bridgehead atoms. The van der Waals surface area contributed by atoms with E-state index in [0.717, 1.165) is 36.0 Å². The van der Waals surface area contributed by atoms with Crippen LogP contribution >= 0.6 is 15.9 Å². The summed E-state index contributed by atoms with van der Waals surface area (Å²) in [6.45, 7) is 1.63. The third-order valence-electron chi connectivity index (χ3n) is 4.38. The Morgan fingerprint density at radius 1 is 1.12 bits per heavy atom. The highest BCUT2D eigenvalue weighted by Gasteiger charge is 2.38. The summed E-state index contributed by atoms with van der Waals surface area (Å²) in [6, 6.07) is 15.3. The molecule has 1 fully saturated rings. The van der Waals surface area contributed by atoms with Crippen molar-refractivity contribution in [2.45, 2.75) is 18.4 Å². The van der Waals surface area contributed by atoms with Gasteiger partial charge in [-0.3, -0.25) is 0 Å². The molecule has 1 aliphatic rings. The van der Waals surface area contributed by atoms with Crippen molar-refractivity contribution in [3.05, 3.63) is 64.1 Å². The molecule has 126 valence electrons. The zero-order valence-electron chi connectivity index (χ0n) is 13.5. The zero-order chi connectivity index (χ0) is 17.0. The van der Waals surface area contributed by atoms with Crippen molar-refractivity contribution in [1.82, 2.24) is 5.32 Å². The van der Waals surface area contributed by atoms with Crippen molar-refractivity contribution in [2.24, 2.45) is 0 Å². The minimum absolute atomic E-state index is 0.362. The number of piperidine rings is 1. The lowest BCUT2D eigenvalue weighted by molar-refractivity contribution is -0.0380. The fourth-order valence-electron chi connectivity index (χ4n) is 3.09. The first-order valence-corrected chi connectivity index (χ1v) is 8.77. The summed E-state index contributed by atoms with van der Waals surface area (Å²) in [4.78, 5) is 12.9. The van der Waals surface area contributed by atoms with Crippen LogP contribution in [0.5, 0.6) is 5.75 Å². The molecule has 0 saturated carbocycles. The number of hydrogen-bond acceptors (Lipinski definition) is 4. The van der Waals surface area contributed by atoms with Gasteiger partial charge in [0.25, 0.3) is 0 Å². The van der Waals surface area contributed by atoms with Gasteiger partial charge in [-0.2, -0.15) is 0 Å². The molecule has 0 aliphatic carbocycles. The van der Waals surface area contributed by atoms with E-state index in [4.69, 9.17) is 9.47 Å². The van der Waals surface area contributed by atoms with Crippen molar-refractivity contribution in [3.8, 4) is 5.75 Å². The number of ether oxygens (including phenoxy) is 2. The highest BCUT2D eigenvalue weighted by molar-refractivity contribution is 9.10. The van der Waals surface area contributed by atoms with E-state index in [2.05, 4.69) is 21.2 Å². The third kappa shape index (κ3) is 3.47. The van der Waals surface area contributed by atoms with Gasteiger partial charge in [0.15, 0.2) is 0 Å². The Balaban J connectivity index is 1.94. The van der Waals surface area contributed by atoms with Crippen molar-refractivity contribution in [3.63, 3.8) is 0 Å². The SMILES string of the molecule is COc1ccc(Br)cc1C(=O)OC1(c2ccccc2)CCNCC1. The predicted octanol–water partition coefficient (Wildman–Crippen LogP) is 3.89. The van der Waals surface area contributed by atoms with Gasteiger partial charge in [-0.1, -0.05) is 46.3 Å². The summed E-state index contributed by atoms with van der Waals surface area (Å²) in [5.41, 5.74) is 0.867. The molecule has 0 atom stereocenters. The molecule has 3 rings (SSSR count). The van der Waals surface area contributed by atoms with Crippen LogP contribution in [0.4, 0.5) is 0 Å². The van der Waals surface area contributed by atoms with E-state index in [0.29, 0.717) is 11.3 Å². The minimum Gasteiger partial charge on any atom is -0.496 e. The Kier molecular flexibility index (Phi) is 5.21. The number of carbonyl (C=O) groups excluding carboxylic acids is 1. The maximum absolute atomic E-state index is 12.9. The lowest BCUT2D eigenvalue weighted by Gasteiger charge is -2.37. The molecular weight excluding hydrogens is 370 g/mol. The minimum atomic E-state index is -0.600. The Hall–Kier alpha value is -1.85. The normalized spacial score (nSPS) is 16.4. The molecule has 0 unspecified atom stereocenters. The second kappa shape index (κ2) is 7.36. The van der Waals surface area contributed by atoms with Crippen molar-refractivity contribution >= 4 is 21.9 Å². The van der Waals surface area contributed by atoms with Crippen molar-refractivity contribution in [1.29, 1.82) is 0 Å². The quantitative estimate of drug-likeness (QED) is 0.805. The number of nitrogens with one attached hydrogen (secondary N) is 1. The van der Waals surface area contributed by atoms with E-state index in [1.54, 1.807) is 19.2 Å². The lowest BCUT2D eigenvalue weighted by atomic mass is 9.84. The molecule has 2 aromatic carbocycles. The first kappa shape index (κ1) is 17.0. The highest BCUT2D eigenvalue weighted by atomic mass is 79.9. The molecule has 0 spiro atoms. The summed E-state index contributed by atoms with van der Waals surface area (Å²) >= 11 is 3.40. The first-order valence-electron chi connectivity index (χ1n) is 7.98. The van der Waals surface area contributed by atoms with Crippen LogP contribution in [0.3, 0.4) is 0 Å². The topological polar surface area (TPSA) is 47.6 Å². The van der Waals surface area contributed by atoms with Gasteiger partial charge in [0.2, 0.25) is 0 Å². The predicted molar refractivity (Wildman–Crippen MR) is 96.3 cm³/mol. The number of methoxy groups -OCH3 is 1. The van der Waals surface area contributed by atoms with Crippen LogP contribution < -0.4 is 10.1 Å². The lowest BCUT2D eigenvalue weighted by Crippen LogP contribution is -2.43. The van der Waals surface area contributed by atoms with Gasteiger partial charge in [0.1, 0.15) is 16.9 Å². The standard InChI is InChI=1S/C19H20BrNO3/c1-23-17-8-7-15(20)13-16(17)18(22)24-19(9-11-21-12-10-19)14-5-3-2-4-6-14/h2-8,13,21H,9-12H2,1H3. The number of hydrogen-bond donors (Lipinski definition) is 1. The average molecular weight is 390 g/mol. The summed E-state index contributed by atoms with van der Waals surface area (Å²) in [7, 11) is 1.55. The maximum Gasteiger partial charge on any atom is 0.342 e. The second-order valence-electron chi connectivity index (χ2n) is 5.84. The molecule has 24 heavy (non-hydrogen) atoms. The van der Waals surface area contributed by atoms with E-state index in [1.807, 2.05) is 36.4 Å². The number of esters is 1. The smallest absolute Gasteiger partial charge is 0.342 e. The average Bonchev–Trinajstić information content (AvgIpc) is 2.63. The van der Waals surface area contributed by atoms with Crippen LogP contribution in [0, 0.1) is 0 Å². The Bertz CT molecular complexity index is 712. The fraction of sp³-hybridized carbons (Fsp3) is 0.316. The monoisotopic (exact) mass is 389 g/mol. The van der Waals surface area contributed by atoms with Crippen LogP contribution in [0.25, 0.3) is 0 Å². The van der Waals surface area contributed by atoms with Crippen LogP contribution in [-0.4, -0.2) is 26.2 Å². The molecule has 1 saturated heterocycles. The second-order valence-corrected chi connectivity index (χ2v) is 6.76. The molecule has 0 aromatic heterocycles. The van der Waals surface area contributed by atoms with Gasteiger partial charge < -0.3 is 14.8 Å². The molecular formula is C19H20BrNO3. The molecule has 2 aromatic rings. The maximum atomic E-state index is 12.9. The summed E-state index contributed by atoms with van der Waals surface area (Å²) in [6.07, 6.45) is 1.50.